The highest BCUT2D eigenvalue weighted by Gasteiger charge is 2.37. The van der Waals surface area contributed by atoms with E-state index in [-0.39, 0.29) is 5.41 Å². The smallest absolute Gasteiger partial charge is 0.0547 e. The molecule has 1 aliphatic carbocycles. The zero-order valence-electron chi connectivity index (χ0n) is 44.8. The minimum absolute atomic E-state index is 0.309. The van der Waals surface area contributed by atoms with Crippen molar-refractivity contribution >= 4 is 104 Å². The van der Waals surface area contributed by atoms with Gasteiger partial charge in [-0.25, -0.2) is 0 Å². The van der Waals surface area contributed by atoms with Crippen LogP contribution in [0.3, 0.4) is 0 Å². The molecule has 4 nitrogen and oxygen atoms in total. The first-order chi connectivity index (χ1) is 40.0. The van der Waals surface area contributed by atoms with E-state index in [1.165, 1.54) is 126 Å². The second-order valence-electron chi connectivity index (χ2n) is 22.4. The number of anilines is 3. The SMILES string of the molecule is CC1(C)c2cc(N(c3ccc(-c4ccc5c6ccccc6n(-c6ccccc6)c5c4)c4ccccc34)c3ccc(-n4c5ccccc5c5ccccc54)c4ccccc34)ccc2-c2ccc(-n3c4ccccc4c4ccccc43)cc21. The van der Waals surface area contributed by atoms with Crippen molar-refractivity contribution in [2.75, 3.05) is 4.90 Å². The Morgan fingerprint density at radius 2 is 0.691 bits per heavy atom. The maximum atomic E-state index is 2.55. The summed E-state index contributed by atoms with van der Waals surface area (Å²) in [5, 5.41) is 12.2. The van der Waals surface area contributed by atoms with Gasteiger partial charge < -0.3 is 18.6 Å². The van der Waals surface area contributed by atoms with Crippen LogP contribution in [-0.4, -0.2) is 13.7 Å². The van der Waals surface area contributed by atoms with Crippen molar-refractivity contribution in [2.45, 2.75) is 19.3 Å². The van der Waals surface area contributed by atoms with Crippen LogP contribution >= 0.6 is 0 Å². The number of nitrogens with zero attached hydrogens (tertiary/aromatic N) is 4. The quantitative estimate of drug-likeness (QED) is 0.156. The van der Waals surface area contributed by atoms with Crippen LogP contribution in [-0.2, 0) is 5.41 Å². The lowest BCUT2D eigenvalue weighted by molar-refractivity contribution is 0.660. The molecule has 0 N–H and O–H groups in total. The standard InChI is InChI=1S/C77H52N4/c1-77(2)66-47-51(79-69-32-16-10-26-58(69)59-27-11-17-33-70(59)79)37-40-55(66)56-41-38-52(48-67(56)77)80(74-44-45-75(63-25-9-8-24-62(63)74)81-71-34-18-13-28-60(71)61-29-14-19-35-72(61)81)73-43-42-53(54-22-6-7-23-57(54)73)49-36-39-65-64-30-12-15-31-68(64)78(76(65)46-49)50-20-4-3-5-21-50/h3-48H,1-2H3. The molecule has 3 aromatic heterocycles. The Labute approximate surface area is 468 Å². The lowest BCUT2D eigenvalue weighted by atomic mass is 9.82. The van der Waals surface area contributed by atoms with E-state index in [0.717, 1.165) is 28.4 Å². The van der Waals surface area contributed by atoms with Crippen LogP contribution in [0.25, 0.3) is 126 Å². The first-order valence-electron chi connectivity index (χ1n) is 28.2. The predicted molar refractivity (Wildman–Crippen MR) is 342 cm³/mol. The highest BCUT2D eigenvalue weighted by Crippen LogP contribution is 2.53. The molecule has 0 aliphatic heterocycles. The molecule has 0 saturated carbocycles. The summed E-state index contributed by atoms with van der Waals surface area (Å²) < 4.78 is 7.32. The Kier molecular flexibility index (Phi) is 9.73. The third-order valence-electron chi connectivity index (χ3n) is 17.8. The summed E-state index contributed by atoms with van der Waals surface area (Å²) in [5.74, 6) is 0. The Morgan fingerprint density at radius 3 is 1.27 bits per heavy atom. The molecular formula is C77H52N4. The molecule has 4 heteroatoms. The molecule has 0 radical (unpaired) electrons. The molecule has 13 aromatic carbocycles. The maximum absolute atomic E-state index is 2.55. The number of hydrogen-bond acceptors (Lipinski definition) is 1. The van der Waals surface area contributed by atoms with E-state index in [2.05, 4.69) is 312 Å². The summed E-state index contributed by atoms with van der Waals surface area (Å²) >= 11 is 0. The minimum atomic E-state index is -0.309. The van der Waals surface area contributed by atoms with Crippen molar-refractivity contribution in [3.8, 4) is 39.3 Å². The Hall–Kier alpha value is -10.4. The zero-order valence-corrected chi connectivity index (χ0v) is 44.8. The summed E-state index contributed by atoms with van der Waals surface area (Å²) in [4.78, 5) is 2.55. The fourth-order valence-corrected chi connectivity index (χ4v) is 14.2. The molecule has 0 spiro atoms. The minimum Gasteiger partial charge on any atom is -0.309 e. The fraction of sp³-hybridized carbons (Fsp3) is 0.0390. The number of aromatic nitrogens is 3. The van der Waals surface area contributed by atoms with E-state index in [4.69, 9.17) is 0 Å². The Bertz CT molecular complexity index is 5170. The van der Waals surface area contributed by atoms with E-state index < -0.39 is 0 Å². The van der Waals surface area contributed by atoms with Crippen LogP contribution in [0.15, 0.2) is 279 Å². The molecule has 0 atom stereocenters. The normalized spacial score (nSPS) is 12.9. The van der Waals surface area contributed by atoms with Crippen molar-refractivity contribution < 1.29 is 0 Å². The lowest BCUT2D eigenvalue weighted by Crippen LogP contribution is -2.17. The second-order valence-corrected chi connectivity index (χ2v) is 22.4. The average Bonchev–Trinajstić information content (AvgIpc) is 4.45. The average molecular weight is 1030 g/mol. The highest BCUT2D eigenvalue weighted by atomic mass is 15.1. The zero-order chi connectivity index (χ0) is 53.5. The molecule has 16 aromatic rings. The van der Waals surface area contributed by atoms with E-state index in [9.17, 15) is 0 Å². The Balaban J connectivity index is 0.875. The number of para-hydroxylation sites is 6. The lowest BCUT2D eigenvalue weighted by Gasteiger charge is -2.31. The van der Waals surface area contributed by atoms with Gasteiger partial charge in [0.15, 0.2) is 0 Å². The topological polar surface area (TPSA) is 18.0 Å². The van der Waals surface area contributed by atoms with Crippen molar-refractivity contribution in [3.05, 3.63) is 290 Å². The van der Waals surface area contributed by atoms with Gasteiger partial charge in [0.05, 0.1) is 50.2 Å². The summed E-state index contributed by atoms with van der Waals surface area (Å²) in [5.41, 5.74) is 21.3. The number of fused-ring (bicyclic) bond motifs is 14. The van der Waals surface area contributed by atoms with Gasteiger partial charge in [0.1, 0.15) is 0 Å². The predicted octanol–water partition coefficient (Wildman–Crippen LogP) is 20.7. The molecule has 0 fully saturated rings. The molecule has 3 heterocycles. The third-order valence-corrected chi connectivity index (χ3v) is 17.8. The molecule has 0 bridgehead atoms. The van der Waals surface area contributed by atoms with E-state index in [0.29, 0.717) is 0 Å². The highest BCUT2D eigenvalue weighted by molar-refractivity contribution is 6.15. The third kappa shape index (κ3) is 6.59. The summed E-state index contributed by atoms with van der Waals surface area (Å²) in [6.07, 6.45) is 0. The number of rotatable bonds is 7. The second kappa shape index (κ2) is 17.3. The largest absolute Gasteiger partial charge is 0.309 e. The van der Waals surface area contributed by atoms with E-state index >= 15 is 0 Å². The summed E-state index contributed by atoms with van der Waals surface area (Å²) in [6, 6.07) is 104. The molecule has 17 rings (SSSR count). The van der Waals surface area contributed by atoms with Gasteiger partial charge in [-0.1, -0.05) is 202 Å². The van der Waals surface area contributed by atoms with Crippen LogP contribution < -0.4 is 4.90 Å². The summed E-state index contributed by atoms with van der Waals surface area (Å²) in [6.45, 7) is 4.82. The van der Waals surface area contributed by atoms with Gasteiger partial charge in [-0.2, -0.15) is 0 Å². The molecule has 1 aliphatic rings. The van der Waals surface area contributed by atoms with E-state index in [1.54, 1.807) is 0 Å². The monoisotopic (exact) mass is 1030 g/mol. The van der Waals surface area contributed by atoms with Crippen LogP contribution in [0.4, 0.5) is 17.1 Å². The number of benzene rings is 13. The van der Waals surface area contributed by atoms with Gasteiger partial charge in [-0.3, -0.25) is 0 Å². The van der Waals surface area contributed by atoms with Gasteiger partial charge in [-0.15, -0.1) is 0 Å². The molecular weight excluding hydrogens is 981 g/mol. The van der Waals surface area contributed by atoms with Crippen LogP contribution in [0.5, 0.6) is 0 Å². The van der Waals surface area contributed by atoms with Crippen molar-refractivity contribution in [2.24, 2.45) is 0 Å². The van der Waals surface area contributed by atoms with Crippen molar-refractivity contribution in [3.63, 3.8) is 0 Å². The molecule has 0 unspecified atom stereocenters. The van der Waals surface area contributed by atoms with Crippen LogP contribution in [0, 0.1) is 0 Å². The Morgan fingerprint density at radius 1 is 0.272 bits per heavy atom. The molecule has 380 valence electrons. The van der Waals surface area contributed by atoms with Crippen LogP contribution in [0.2, 0.25) is 0 Å². The van der Waals surface area contributed by atoms with Gasteiger partial charge in [0.2, 0.25) is 0 Å². The van der Waals surface area contributed by atoms with Gasteiger partial charge in [0, 0.05) is 71.0 Å². The molecule has 0 amide bonds. The van der Waals surface area contributed by atoms with Crippen LogP contribution in [0.1, 0.15) is 25.0 Å². The first kappa shape index (κ1) is 45.6. The number of hydrogen-bond donors (Lipinski definition) is 0. The maximum Gasteiger partial charge on any atom is 0.0547 e. The summed E-state index contributed by atoms with van der Waals surface area (Å²) in [7, 11) is 0. The fourth-order valence-electron chi connectivity index (χ4n) is 14.2. The van der Waals surface area contributed by atoms with Gasteiger partial charge in [0.25, 0.3) is 0 Å². The first-order valence-corrected chi connectivity index (χ1v) is 28.2. The van der Waals surface area contributed by atoms with Crippen molar-refractivity contribution in [1.29, 1.82) is 0 Å². The molecule has 81 heavy (non-hydrogen) atoms. The van der Waals surface area contributed by atoms with Gasteiger partial charge >= 0.3 is 0 Å². The van der Waals surface area contributed by atoms with Crippen molar-refractivity contribution in [1.82, 2.24) is 13.7 Å². The van der Waals surface area contributed by atoms with Gasteiger partial charge in [-0.05, 0) is 130 Å². The van der Waals surface area contributed by atoms with E-state index in [1.807, 2.05) is 0 Å². The molecule has 0 saturated heterocycles.